The van der Waals surface area contributed by atoms with Crippen molar-refractivity contribution in [1.82, 2.24) is 0 Å². The first kappa shape index (κ1) is 19.9. The number of rotatable bonds is 8. The Hall–Kier alpha value is -2.43. The number of carbonyl (C=O) groups excluding carboxylic acids is 1. The van der Waals surface area contributed by atoms with Crippen LogP contribution in [-0.4, -0.2) is 63.6 Å². The van der Waals surface area contributed by atoms with Gasteiger partial charge in [0.2, 0.25) is 5.67 Å². The van der Waals surface area contributed by atoms with Crippen molar-refractivity contribution in [3.05, 3.63) is 23.8 Å². The number of fused-ring (bicyclic) bond motifs is 1. The first-order valence-electron chi connectivity index (χ1n) is 7.71. The number of nitrogens with two attached hydrogens (primary N) is 2. The fraction of sp³-hybridized carbons (Fsp3) is 0.500. The standard InChI is InChI=1S/C16H20FN3O6/c1-8(21)5-9(3-2-4-18)7-26-11-6-10-14(17,12(22)23)16(10,20)15(11,19)13(24)25/h2-5,10-11,18H,6-7,19-20H2,1H3,(H,22,23)(H,24,25)/b3-2-,9-5+,18-4?/t10-,11+,14-,15+,16+/m0/s1. The summed E-state index contributed by atoms with van der Waals surface area (Å²) in [7, 11) is 0. The minimum absolute atomic E-state index is 0.240. The van der Waals surface area contributed by atoms with E-state index in [0.29, 0.717) is 5.57 Å². The molecule has 0 aromatic carbocycles. The average molecular weight is 369 g/mol. The van der Waals surface area contributed by atoms with E-state index in [4.69, 9.17) is 26.7 Å². The summed E-state index contributed by atoms with van der Waals surface area (Å²) in [5, 5.41) is 25.6. The van der Waals surface area contributed by atoms with E-state index >= 15 is 0 Å². The van der Waals surface area contributed by atoms with Gasteiger partial charge in [-0.15, -0.1) is 0 Å². The van der Waals surface area contributed by atoms with Crippen molar-refractivity contribution in [2.75, 3.05) is 6.61 Å². The molecule has 0 saturated heterocycles. The molecule has 2 rings (SSSR count). The van der Waals surface area contributed by atoms with E-state index in [1.807, 2.05) is 0 Å². The lowest BCUT2D eigenvalue weighted by atomic mass is 9.83. The quantitative estimate of drug-likeness (QED) is 0.214. The minimum atomic E-state index is -2.93. The molecular formula is C16H20FN3O6. The molecule has 26 heavy (non-hydrogen) atoms. The van der Waals surface area contributed by atoms with Crippen molar-refractivity contribution in [3.8, 4) is 0 Å². The molecule has 2 fully saturated rings. The maximum absolute atomic E-state index is 14.7. The molecule has 0 spiro atoms. The van der Waals surface area contributed by atoms with Crippen LogP contribution in [0.4, 0.5) is 4.39 Å². The Bertz CT molecular complexity index is 737. The Morgan fingerprint density at radius 1 is 1.31 bits per heavy atom. The topological polar surface area (TPSA) is 177 Å². The van der Waals surface area contributed by atoms with Gasteiger partial charge in [-0.05, 0) is 31.1 Å². The number of ether oxygens (including phenoxy) is 1. The molecule has 0 heterocycles. The summed E-state index contributed by atoms with van der Waals surface area (Å²) >= 11 is 0. The van der Waals surface area contributed by atoms with Gasteiger partial charge in [-0.2, -0.15) is 0 Å². The summed E-state index contributed by atoms with van der Waals surface area (Å²) in [6.45, 7) is 1.06. The van der Waals surface area contributed by atoms with Gasteiger partial charge in [0.15, 0.2) is 11.3 Å². The Morgan fingerprint density at radius 2 is 1.92 bits per heavy atom. The van der Waals surface area contributed by atoms with Crippen molar-refractivity contribution in [2.45, 2.75) is 36.2 Å². The zero-order chi connectivity index (χ0) is 19.9. The van der Waals surface area contributed by atoms with Gasteiger partial charge in [-0.1, -0.05) is 6.08 Å². The van der Waals surface area contributed by atoms with Gasteiger partial charge in [-0.25, -0.2) is 9.18 Å². The number of nitrogens with one attached hydrogen (secondary N) is 1. The molecule has 0 amide bonds. The molecular weight excluding hydrogens is 349 g/mol. The highest BCUT2D eigenvalue weighted by Crippen LogP contribution is 2.68. The summed E-state index contributed by atoms with van der Waals surface area (Å²) in [4.78, 5) is 34.2. The van der Waals surface area contributed by atoms with Crippen LogP contribution in [0.15, 0.2) is 23.8 Å². The van der Waals surface area contributed by atoms with Gasteiger partial charge >= 0.3 is 11.9 Å². The van der Waals surface area contributed by atoms with Crippen LogP contribution in [0.2, 0.25) is 0 Å². The van der Waals surface area contributed by atoms with Crippen LogP contribution in [0.3, 0.4) is 0 Å². The number of halogens is 1. The number of carboxylic acids is 2. The van der Waals surface area contributed by atoms with Gasteiger partial charge in [-0.3, -0.25) is 9.59 Å². The highest BCUT2D eigenvalue weighted by atomic mass is 19.1. The Morgan fingerprint density at radius 3 is 2.38 bits per heavy atom. The minimum Gasteiger partial charge on any atom is -0.480 e. The zero-order valence-corrected chi connectivity index (χ0v) is 13.9. The number of ketones is 1. The number of aliphatic carboxylic acids is 2. The molecule has 0 radical (unpaired) electrons. The maximum atomic E-state index is 14.7. The van der Waals surface area contributed by atoms with E-state index < -0.39 is 40.7 Å². The lowest BCUT2D eigenvalue weighted by molar-refractivity contribution is -0.156. The Balaban J connectivity index is 2.26. The lowest BCUT2D eigenvalue weighted by Gasteiger charge is -2.35. The number of hydrogen-bond acceptors (Lipinski definition) is 7. The monoisotopic (exact) mass is 369 g/mol. The molecule has 5 atom stereocenters. The van der Waals surface area contributed by atoms with Gasteiger partial charge in [0.25, 0.3) is 0 Å². The largest absolute Gasteiger partial charge is 0.480 e. The number of carbonyl (C=O) groups is 3. The number of carboxylic acid groups (broad SMARTS) is 2. The van der Waals surface area contributed by atoms with E-state index in [2.05, 4.69) is 0 Å². The second-order valence-electron chi connectivity index (χ2n) is 6.50. The van der Waals surface area contributed by atoms with Crippen molar-refractivity contribution < 1.29 is 33.7 Å². The molecule has 2 saturated carbocycles. The molecule has 9 nitrogen and oxygen atoms in total. The molecule has 0 aromatic heterocycles. The van der Waals surface area contributed by atoms with E-state index in [9.17, 15) is 23.9 Å². The van der Waals surface area contributed by atoms with Crippen molar-refractivity contribution in [1.29, 1.82) is 5.41 Å². The smallest absolute Gasteiger partial charge is 0.343 e. The molecule has 2 aliphatic rings. The van der Waals surface area contributed by atoms with Crippen LogP contribution in [0, 0.1) is 11.3 Å². The fourth-order valence-electron chi connectivity index (χ4n) is 3.75. The van der Waals surface area contributed by atoms with Crippen LogP contribution < -0.4 is 11.5 Å². The summed E-state index contributed by atoms with van der Waals surface area (Å²) in [5.41, 5.74) is 4.35. The van der Waals surface area contributed by atoms with Crippen LogP contribution in [0.5, 0.6) is 0 Å². The fourth-order valence-corrected chi connectivity index (χ4v) is 3.75. The predicted octanol–water partition coefficient (Wildman–Crippen LogP) is -0.601. The normalized spacial score (nSPS) is 38.8. The third-order valence-electron chi connectivity index (χ3n) is 5.10. The SMILES string of the molecule is CC(=O)/C=C(\C=C/C=N)CO[C@@H]1C[C@@H]2[C@@](N)([C@@]2(F)C(=O)O)[C@]1(N)C(=O)O. The third kappa shape index (κ3) is 2.49. The number of allylic oxidation sites excluding steroid dienone is 2. The average Bonchev–Trinajstić information content (AvgIpc) is 2.92. The molecule has 10 heteroatoms. The predicted molar refractivity (Wildman–Crippen MR) is 87.5 cm³/mol. The lowest BCUT2D eigenvalue weighted by Crippen LogP contribution is -2.71. The molecule has 0 aromatic rings. The van der Waals surface area contributed by atoms with Crippen molar-refractivity contribution >= 4 is 23.9 Å². The first-order chi connectivity index (χ1) is 12.0. The summed E-state index contributed by atoms with van der Waals surface area (Å²) in [6, 6.07) is 0. The molecule has 142 valence electrons. The van der Waals surface area contributed by atoms with E-state index in [1.54, 1.807) is 0 Å². The molecule has 7 N–H and O–H groups in total. The van der Waals surface area contributed by atoms with Gasteiger partial charge in [0.1, 0.15) is 0 Å². The van der Waals surface area contributed by atoms with Crippen molar-refractivity contribution in [2.24, 2.45) is 17.4 Å². The highest BCUT2D eigenvalue weighted by Gasteiger charge is 2.94. The molecule has 2 aliphatic carbocycles. The van der Waals surface area contributed by atoms with E-state index in [-0.39, 0.29) is 18.8 Å². The Labute approximate surface area is 148 Å². The number of alkyl halides is 1. The van der Waals surface area contributed by atoms with Gasteiger partial charge < -0.3 is 31.8 Å². The molecule has 0 bridgehead atoms. The summed E-state index contributed by atoms with van der Waals surface area (Å²) in [5.74, 6) is -5.12. The maximum Gasteiger partial charge on any atom is 0.343 e. The number of hydrogen-bond donors (Lipinski definition) is 5. The third-order valence-corrected chi connectivity index (χ3v) is 5.10. The van der Waals surface area contributed by atoms with Gasteiger partial charge in [0, 0.05) is 12.1 Å². The van der Waals surface area contributed by atoms with Crippen LogP contribution in [-0.2, 0) is 19.1 Å². The van der Waals surface area contributed by atoms with E-state index in [0.717, 1.165) is 6.21 Å². The second-order valence-corrected chi connectivity index (χ2v) is 6.50. The summed E-state index contributed by atoms with van der Waals surface area (Å²) < 4.78 is 20.2. The van der Waals surface area contributed by atoms with Crippen LogP contribution >= 0.6 is 0 Å². The van der Waals surface area contributed by atoms with Crippen LogP contribution in [0.1, 0.15) is 13.3 Å². The van der Waals surface area contributed by atoms with Crippen molar-refractivity contribution in [3.63, 3.8) is 0 Å². The molecule has 0 aliphatic heterocycles. The first-order valence-corrected chi connectivity index (χ1v) is 7.71. The highest BCUT2D eigenvalue weighted by molar-refractivity contribution is 5.95. The zero-order valence-electron chi connectivity index (χ0n) is 13.9. The van der Waals surface area contributed by atoms with Gasteiger partial charge in [0.05, 0.1) is 18.2 Å². The second kappa shape index (κ2) is 6.38. The van der Waals surface area contributed by atoms with Crippen LogP contribution in [0.25, 0.3) is 0 Å². The Kier molecular flexibility index (Phi) is 4.88. The van der Waals surface area contributed by atoms with E-state index in [1.165, 1.54) is 25.2 Å². The summed E-state index contributed by atoms with van der Waals surface area (Å²) in [6.07, 6.45) is 3.41. The molecule has 0 unspecified atom stereocenters.